The number of anilines is 4. The second-order valence-corrected chi connectivity index (χ2v) is 17.5. The first-order valence-corrected chi connectivity index (χ1v) is 20.1. The molecule has 2 aromatic carbocycles. The maximum Gasteiger partial charge on any atom is 0.414 e. The van der Waals surface area contributed by atoms with E-state index >= 15 is 0 Å². The third-order valence-corrected chi connectivity index (χ3v) is 12.4. The fraction of sp³-hybridized carbons (Fsp3) is 0.516. The van der Waals surface area contributed by atoms with Gasteiger partial charge in [-0.2, -0.15) is 0 Å². The lowest BCUT2D eigenvalue weighted by Gasteiger charge is -2.30. The number of hydrogen-bond acceptors (Lipinski definition) is 11. The molecule has 4 heterocycles. The fourth-order valence-electron chi connectivity index (χ4n) is 5.74. The minimum Gasteiger partial charge on any atom is -0.444 e. The molecule has 13 nitrogen and oxygen atoms in total. The van der Waals surface area contributed by atoms with E-state index in [0.717, 1.165) is 23.5 Å². The summed E-state index contributed by atoms with van der Waals surface area (Å²) in [4.78, 5) is 30.6. The number of carbonyl (C=O) groups is 2. The summed E-state index contributed by atoms with van der Waals surface area (Å²) in [5.41, 5.74) is 3.45. The molecule has 2 aromatic rings. The Kier molecular flexibility index (Phi) is 11.5. The van der Waals surface area contributed by atoms with Gasteiger partial charge in [-0.3, -0.25) is 19.4 Å². The van der Waals surface area contributed by atoms with E-state index in [0.29, 0.717) is 61.4 Å². The van der Waals surface area contributed by atoms with Crippen molar-refractivity contribution in [2.24, 2.45) is 0 Å². The Labute approximate surface area is 290 Å². The van der Waals surface area contributed by atoms with E-state index in [2.05, 4.69) is 27.3 Å². The van der Waals surface area contributed by atoms with Crippen molar-refractivity contribution in [3.05, 3.63) is 48.5 Å². The molecule has 3 N–H and O–H groups in total. The second-order valence-electron chi connectivity index (χ2n) is 12.1. The van der Waals surface area contributed by atoms with Crippen LogP contribution in [-0.4, -0.2) is 113 Å². The van der Waals surface area contributed by atoms with Crippen LogP contribution in [0.5, 0.6) is 0 Å². The predicted molar refractivity (Wildman–Crippen MR) is 191 cm³/mol. The number of cyclic esters (lactones) is 2. The first-order valence-electron chi connectivity index (χ1n) is 15.9. The molecule has 0 bridgehead atoms. The Morgan fingerprint density at radius 2 is 1.14 bits per heavy atom. The summed E-state index contributed by atoms with van der Waals surface area (Å²) in [5, 5.41) is 2.41. The molecule has 0 unspecified atom stereocenters. The molecule has 2 atom stereocenters. The predicted octanol–water partition coefficient (Wildman–Crippen LogP) is 4.35. The van der Waals surface area contributed by atoms with Crippen molar-refractivity contribution in [2.75, 3.05) is 88.4 Å². The number of nitrogens with one attached hydrogen (secondary N) is 3. The van der Waals surface area contributed by atoms with Gasteiger partial charge in [-0.15, -0.1) is 0 Å². The molecule has 6 rings (SSSR count). The molecule has 0 aromatic heterocycles. The molecule has 49 heavy (non-hydrogen) atoms. The van der Waals surface area contributed by atoms with E-state index in [1.54, 1.807) is 17.0 Å². The van der Waals surface area contributed by atoms with Crippen LogP contribution in [0.4, 0.5) is 41.1 Å². The fourth-order valence-corrected chi connectivity index (χ4v) is 8.29. The zero-order valence-electron chi connectivity index (χ0n) is 27.1. The van der Waals surface area contributed by atoms with Gasteiger partial charge in [0.15, 0.2) is 0 Å². The van der Waals surface area contributed by atoms with Crippen molar-refractivity contribution in [1.29, 1.82) is 9.56 Å². The standard InChI is InChI=1S/C16H20F2N4O3S2.C15H21N3O3S/c17-14(18)15(26)20-9-13-10-22(16(23)25-13)12-3-1-11(2-4-12)21-5-7-27(19,24)8-6-21;1-2-14-11-18(15(19)21-14)13-5-3-12(4-6-13)17-7-9-22(16,20)10-8-17/h1-4,13-14,19H,5-10H2,(H,20,26);3-6,14,16H,2,7-11H2,1H3/t13-;14-/m00/s1. The molecule has 0 radical (unpaired) electrons. The molecule has 18 heteroatoms. The summed E-state index contributed by atoms with van der Waals surface area (Å²) in [5.74, 6) is 1.54. The molecule has 0 spiro atoms. The number of amides is 2. The SMILES string of the molecule is CC[C@H]1CN(c2ccc(N3CCS(=N)(=O)CC3)cc2)C(=O)O1.N=S1(=O)CCN(c2ccc(N3C[C@H](CNC(=S)C(F)F)OC3=O)cc2)CC1. The van der Waals surface area contributed by atoms with Crippen LogP contribution in [0.1, 0.15) is 13.3 Å². The minimum atomic E-state index is -2.74. The lowest BCUT2D eigenvalue weighted by atomic mass is 10.2. The van der Waals surface area contributed by atoms with Crippen LogP contribution < -0.4 is 24.9 Å². The number of nitrogens with zero attached hydrogens (tertiary/aromatic N) is 4. The van der Waals surface area contributed by atoms with Gasteiger partial charge in [-0.05, 0) is 55.0 Å². The molecule has 4 aliphatic rings. The number of halogens is 2. The van der Waals surface area contributed by atoms with Crippen molar-refractivity contribution in [2.45, 2.75) is 32.0 Å². The molecular weight excluding hydrogens is 701 g/mol. The molecule has 0 saturated carbocycles. The number of rotatable bonds is 8. The summed E-state index contributed by atoms with van der Waals surface area (Å²) >= 11 is 4.51. The zero-order chi connectivity index (χ0) is 35.3. The van der Waals surface area contributed by atoms with Gasteiger partial charge in [0.2, 0.25) is 0 Å². The van der Waals surface area contributed by atoms with Gasteiger partial charge in [-0.25, -0.2) is 26.8 Å². The van der Waals surface area contributed by atoms with E-state index in [4.69, 9.17) is 19.0 Å². The summed E-state index contributed by atoms with van der Waals surface area (Å²) in [6.07, 6.45) is -3.34. The normalized spacial score (nSPS) is 23.1. The minimum absolute atomic E-state index is 0.0283. The molecule has 268 valence electrons. The number of benzene rings is 2. The quantitative estimate of drug-likeness (QED) is 0.332. The Morgan fingerprint density at radius 3 is 1.51 bits per heavy atom. The lowest BCUT2D eigenvalue weighted by Crippen LogP contribution is -2.39. The highest BCUT2D eigenvalue weighted by atomic mass is 32.2. The third-order valence-electron chi connectivity index (χ3n) is 8.72. The molecule has 4 saturated heterocycles. The van der Waals surface area contributed by atoms with Crippen molar-refractivity contribution >= 4 is 71.6 Å². The van der Waals surface area contributed by atoms with Crippen molar-refractivity contribution < 1.29 is 36.3 Å². The number of carbonyl (C=O) groups excluding carboxylic acids is 2. The molecule has 4 fully saturated rings. The Morgan fingerprint density at radius 1 is 0.776 bits per heavy atom. The van der Waals surface area contributed by atoms with Crippen LogP contribution in [0.25, 0.3) is 0 Å². The first-order chi connectivity index (χ1) is 23.2. The Bertz CT molecular complexity index is 1700. The second kappa shape index (κ2) is 15.4. The van der Waals surface area contributed by atoms with E-state index in [1.165, 1.54) is 4.90 Å². The average Bonchev–Trinajstić information content (AvgIpc) is 3.65. The maximum atomic E-state index is 12.4. The van der Waals surface area contributed by atoms with Crippen LogP contribution >= 0.6 is 12.2 Å². The topological polar surface area (TPSA) is 159 Å². The van der Waals surface area contributed by atoms with Gasteiger partial charge in [0, 0.05) is 91.4 Å². The average molecular weight is 742 g/mol. The molecule has 2 amide bonds. The number of hydrogen-bond donors (Lipinski definition) is 3. The van der Waals surface area contributed by atoms with Gasteiger partial charge in [0.1, 0.15) is 17.2 Å². The van der Waals surface area contributed by atoms with Crippen molar-refractivity contribution in [1.82, 2.24) is 5.32 Å². The van der Waals surface area contributed by atoms with Gasteiger partial charge >= 0.3 is 12.2 Å². The highest BCUT2D eigenvalue weighted by Crippen LogP contribution is 2.27. The maximum absolute atomic E-state index is 12.4. The Hall–Kier alpha value is -3.77. The highest BCUT2D eigenvalue weighted by Gasteiger charge is 2.33. The van der Waals surface area contributed by atoms with Crippen LogP contribution in [0, 0.1) is 9.56 Å². The van der Waals surface area contributed by atoms with Crippen LogP contribution in [0.2, 0.25) is 0 Å². The molecule has 4 aliphatic heterocycles. The van der Waals surface area contributed by atoms with Crippen molar-refractivity contribution in [3.63, 3.8) is 0 Å². The third kappa shape index (κ3) is 9.48. The summed E-state index contributed by atoms with van der Waals surface area (Å²) < 4.78 is 74.0. The number of ether oxygens (including phenoxy) is 2. The largest absolute Gasteiger partial charge is 0.444 e. The summed E-state index contributed by atoms with van der Waals surface area (Å²) in [6.45, 7) is 5.28. The van der Waals surface area contributed by atoms with Gasteiger partial charge in [0.25, 0.3) is 6.43 Å². The van der Waals surface area contributed by atoms with E-state index < -0.39 is 43.1 Å². The highest BCUT2D eigenvalue weighted by molar-refractivity contribution is 7.92. The monoisotopic (exact) mass is 741 g/mol. The smallest absolute Gasteiger partial charge is 0.414 e. The van der Waals surface area contributed by atoms with Crippen molar-refractivity contribution in [3.8, 4) is 0 Å². The van der Waals surface area contributed by atoms with Crippen LogP contribution in [-0.2, 0) is 28.9 Å². The van der Waals surface area contributed by atoms with Crippen LogP contribution in [0.3, 0.4) is 0 Å². The summed E-state index contributed by atoms with van der Waals surface area (Å²) in [7, 11) is -4.82. The lowest BCUT2D eigenvalue weighted by molar-refractivity contribution is 0.139. The van der Waals surface area contributed by atoms with E-state index in [1.807, 2.05) is 43.3 Å². The van der Waals surface area contributed by atoms with E-state index in [-0.39, 0.29) is 25.3 Å². The van der Waals surface area contributed by atoms with E-state index in [9.17, 15) is 26.8 Å². The van der Waals surface area contributed by atoms with Crippen LogP contribution in [0.15, 0.2) is 48.5 Å². The van der Waals surface area contributed by atoms with Gasteiger partial charge < -0.3 is 24.6 Å². The zero-order valence-corrected chi connectivity index (χ0v) is 29.5. The Balaban J connectivity index is 0.000000195. The number of thiocarbonyl (C=S) groups is 1. The number of alkyl halides is 2. The van der Waals surface area contributed by atoms with Gasteiger partial charge in [0.05, 0.1) is 19.6 Å². The molecule has 0 aliphatic carbocycles. The molecular formula is C31H41F2N7O6S3. The summed E-state index contributed by atoms with van der Waals surface area (Å²) in [6, 6.07) is 15.1. The first kappa shape index (κ1) is 36.5. The van der Waals surface area contributed by atoms with Gasteiger partial charge in [-0.1, -0.05) is 19.1 Å².